The van der Waals surface area contributed by atoms with Crippen molar-refractivity contribution in [1.82, 2.24) is 15.0 Å². The number of carbonyl (C=O) groups is 1. The summed E-state index contributed by atoms with van der Waals surface area (Å²) in [5.74, 6) is 0. The molecule has 0 amide bonds. The highest BCUT2D eigenvalue weighted by molar-refractivity contribution is 6.30. The Kier molecular flexibility index (Phi) is 8.69. The average molecular weight is 387 g/mol. The molecular formula is C21H27ClN4O. The summed E-state index contributed by atoms with van der Waals surface area (Å²) in [4.78, 5) is 8.00. The lowest BCUT2D eigenvalue weighted by molar-refractivity contribution is -0.0979. The van der Waals surface area contributed by atoms with Crippen LogP contribution < -0.4 is 5.32 Å². The minimum absolute atomic E-state index is 0.285. The maximum absolute atomic E-state index is 8.00. The Morgan fingerprint density at radius 1 is 1.07 bits per heavy atom. The van der Waals surface area contributed by atoms with Crippen LogP contribution >= 0.6 is 11.6 Å². The topological polar surface area (TPSA) is 59.8 Å². The molecule has 5 nitrogen and oxygen atoms in total. The summed E-state index contributed by atoms with van der Waals surface area (Å²) in [6, 6.07) is 14.3. The average Bonchev–Trinajstić information content (AvgIpc) is 3.18. The molecule has 0 aliphatic heterocycles. The number of benzene rings is 2. The molecule has 0 saturated heterocycles. The van der Waals surface area contributed by atoms with Gasteiger partial charge in [-0.25, -0.2) is 4.68 Å². The molecule has 0 spiro atoms. The zero-order valence-electron chi connectivity index (χ0n) is 16.5. The van der Waals surface area contributed by atoms with Crippen LogP contribution in [0, 0.1) is 6.92 Å². The molecule has 0 aliphatic rings. The monoisotopic (exact) mass is 386 g/mol. The van der Waals surface area contributed by atoms with Gasteiger partial charge in [0, 0.05) is 12.1 Å². The Balaban J connectivity index is 0.000000254. The van der Waals surface area contributed by atoms with E-state index in [4.69, 9.17) is 16.4 Å². The zero-order chi connectivity index (χ0) is 20.4. The Bertz CT molecular complexity index is 809. The van der Waals surface area contributed by atoms with Crippen molar-refractivity contribution in [2.24, 2.45) is 0 Å². The molecule has 27 heavy (non-hydrogen) atoms. The molecule has 0 fully saturated rings. The van der Waals surface area contributed by atoms with Crippen LogP contribution in [0.3, 0.4) is 0 Å². The van der Waals surface area contributed by atoms with E-state index >= 15 is 0 Å². The van der Waals surface area contributed by atoms with E-state index in [0.717, 1.165) is 11.4 Å². The SMILES string of the molecule is C=O.CNc1ccc(Cl)cc1-n1ccnn1.Cc1ccc(C(C)(C)C)cc1. The third-order valence-corrected chi connectivity index (χ3v) is 4.05. The van der Waals surface area contributed by atoms with Crippen LogP contribution in [0.25, 0.3) is 5.69 Å². The van der Waals surface area contributed by atoms with Gasteiger partial charge in [-0.15, -0.1) is 5.10 Å². The second-order valence-electron chi connectivity index (χ2n) is 6.88. The number of aromatic nitrogens is 3. The molecule has 144 valence electrons. The van der Waals surface area contributed by atoms with Gasteiger partial charge in [0.25, 0.3) is 0 Å². The van der Waals surface area contributed by atoms with Crippen molar-refractivity contribution >= 4 is 24.1 Å². The molecule has 1 heterocycles. The number of halogens is 1. The van der Waals surface area contributed by atoms with Crippen molar-refractivity contribution < 1.29 is 4.79 Å². The predicted molar refractivity (Wildman–Crippen MR) is 113 cm³/mol. The van der Waals surface area contributed by atoms with Crippen molar-refractivity contribution in [3.63, 3.8) is 0 Å². The van der Waals surface area contributed by atoms with E-state index in [1.165, 1.54) is 11.1 Å². The van der Waals surface area contributed by atoms with Crippen molar-refractivity contribution in [3.8, 4) is 5.69 Å². The summed E-state index contributed by atoms with van der Waals surface area (Å²) >= 11 is 5.90. The second kappa shape index (κ2) is 10.5. The molecule has 0 atom stereocenters. The molecular weight excluding hydrogens is 360 g/mol. The van der Waals surface area contributed by atoms with Crippen LogP contribution in [0.2, 0.25) is 5.02 Å². The Morgan fingerprint density at radius 3 is 2.19 bits per heavy atom. The summed E-state index contributed by atoms with van der Waals surface area (Å²) in [6.07, 6.45) is 3.40. The molecule has 2 aromatic carbocycles. The van der Waals surface area contributed by atoms with Crippen LogP contribution in [-0.4, -0.2) is 28.8 Å². The molecule has 0 bridgehead atoms. The lowest BCUT2D eigenvalue weighted by atomic mass is 9.87. The van der Waals surface area contributed by atoms with Crippen molar-refractivity contribution in [2.45, 2.75) is 33.1 Å². The number of carbonyl (C=O) groups excluding carboxylic acids is 1. The normalized spacial score (nSPS) is 10.1. The number of rotatable bonds is 2. The zero-order valence-corrected chi connectivity index (χ0v) is 17.3. The van der Waals surface area contributed by atoms with Gasteiger partial charge in [0.15, 0.2) is 0 Å². The summed E-state index contributed by atoms with van der Waals surface area (Å²) in [6.45, 7) is 10.8. The fourth-order valence-electron chi connectivity index (χ4n) is 2.30. The van der Waals surface area contributed by atoms with Crippen LogP contribution in [0.5, 0.6) is 0 Å². The van der Waals surface area contributed by atoms with Crippen LogP contribution in [0.1, 0.15) is 31.9 Å². The van der Waals surface area contributed by atoms with Gasteiger partial charge in [-0.2, -0.15) is 0 Å². The number of nitrogens with one attached hydrogen (secondary N) is 1. The first-order chi connectivity index (χ1) is 12.8. The largest absolute Gasteiger partial charge is 0.386 e. The molecule has 0 unspecified atom stereocenters. The van der Waals surface area contributed by atoms with Gasteiger partial charge in [0.05, 0.1) is 23.8 Å². The number of hydrogen-bond acceptors (Lipinski definition) is 4. The van der Waals surface area contributed by atoms with Gasteiger partial charge in [0.2, 0.25) is 0 Å². The molecule has 6 heteroatoms. The highest BCUT2D eigenvalue weighted by Gasteiger charge is 2.11. The minimum atomic E-state index is 0.285. The maximum Gasteiger partial charge on any atom is 0.106 e. The molecule has 1 aromatic heterocycles. The van der Waals surface area contributed by atoms with Crippen LogP contribution in [0.15, 0.2) is 54.9 Å². The molecule has 1 N–H and O–H groups in total. The summed E-state index contributed by atoms with van der Waals surface area (Å²) in [5.41, 5.74) is 4.87. The molecule has 3 aromatic rings. The van der Waals surface area contributed by atoms with Gasteiger partial charge < -0.3 is 10.1 Å². The number of aryl methyl sites for hydroxylation is 1. The van der Waals surface area contributed by atoms with Crippen LogP contribution in [-0.2, 0) is 10.2 Å². The smallest absolute Gasteiger partial charge is 0.106 e. The van der Waals surface area contributed by atoms with Crippen LogP contribution in [0.4, 0.5) is 5.69 Å². The highest BCUT2D eigenvalue weighted by atomic mass is 35.5. The second-order valence-corrected chi connectivity index (χ2v) is 7.31. The first-order valence-electron chi connectivity index (χ1n) is 8.51. The van der Waals surface area contributed by atoms with Gasteiger partial charge >= 0.3 is 0 Å². The van der Waals surface area contributed by atoms with E-state index in [1.807, 2.05) is 32.0 Å². The van der Waals surface area contributed by atoms with Crippen molar-refractivity contribution in [1.29, 1.82) is 0 Å². The van der Waals surface area contributed by atoms with E-state index < -0.39 is 0 Å². The number of nitrogens with zero attached hydrogens (tertiary/aromatic N) is 3. The number of hydrogen-bond donors (Lipinski definition) is 1. The fraction of sp³-hybridized carbons (Fsp3) is 0.286. The minimum Gasteiger partial charge on any atom is -0.386 e. The Labute approximate surface area is 166 Å². The van der Waals surface area contributed by atoms with Gasteiger partial charge in [0.1, 0.15) is 6.79 Å². The summed E-state index contributed by atoms with van der Waals surface area (Å²) in [5, 5.41) is 11.4. The number of anilines is 1. The standard InChI is InChI=1S/C11H16.C9H9ClN4.CH2O/c1-9-5-7-10(8-6-9)11(2,3)4;1-11-8-3-2-7(10)6-9(8)14-5-4-12-13-14;1-2/h5-8H,1-4H3;2-6,11H,1H3;1H2. The van der Waals surface area contributed by atoms with E-state index in [1.54, 1.807) is 17.1 Å². The predicted octanol–water partition coefficient (Wildman–Crippen LogP) is 5.07. The molecule has 0 saturated carbocycles. The quantitative estimate of drug-likeness (QED) is 0.667. The van der Waals surface area contributed by atoms with E-state index in [-0.39, 0.29) is 5.41 Å². The lowest BCUT2D eigenvalue weighted by Gasteiger charge is -2.18. The first kappa shape index (κ1) is 22.4. The van der Waals surface area contributed by atoms with E-state index in [9.17, 15) is 0 Å². The van der Waals surface area contributed by atoms with Crippen molar-refractivity contribution in [3.05, 3.63) is 71.0 Å². The third-order valence-electron chi connectivity index (χ3n) is 3.82. The summed E-state index contributed by atoms with van der Waals surface area (Å²) in [7, 11) is 1.85. The maximum atomic E-state index is 8.00. The molecule has 0 radical (unpaired) electrons. The Morgan fingerprint density at radius 2 is 1.70 bits per heavy atom. The van der Waals surface area contributed by atoms with Gasteiger partial charge in [-0.1, -0.05) is 67.4 Å². The van der Waals surface area contributed by atoms with E-state index in [0.29, 0.717) is 5.02 Å². The fourth-order valence-corrected chi connectivity index (χ4v) is 2.46. The highest BCUT2D eigenvalue weighted by Crippen LogP contribution is 2.23. The third kappa shape index (κ3) is 6.87. The van der Waals surface area contributed by atoms with Gasteiger partial charge in [-0.05, 0) is 36.1 Å². The lowest BCUT2D eigenvalue weighted by Crippen LogP contribution is -2.10. The first-order valence-corrected chi connectivity index (χ1v) is 8.89. The summed E-state index contributed by atoms with van der Waals surface area (Å²) < 4.78 is 1.66. The molecule has 3 rings (SSSR count). The van der Waals surface area contributed by atoms with Crippen molar-refractivity contribution in [2.75, 3.05) is 12.4 Å². The van der Waals surface area contributed by atoms with E-state index in [2.05, 4.69) is 67.6 Å². The van der Waals surface area contributed by atoms with Gasteiger partial charge in [-0.3, -0.25) is 0 Å². The molecule has 0 aliphatic carbocycles. The Hall–Kier alpha value is -2.66.